The summed E-state index contributed by atoms with van der Waals surface area (Å²) < 4.78 is 30.9. The van der Waals surface area contributed by atoms with E-state index in [-0.39, 0.29) is 5.54 Å². The molecule has 2 saturated heterocycles. The van der Waals surface area contributed by atoms with E-state index in [1.807, 2.05) is 39.7 Å². The number of isocyanates is 1. The maximum atomic E-state index is 10.2. The van der Waals surface area contributed by atoms with Crippen molar-refractivity contribution in [2.75, 3.05) is 6.54 Å². The highest BCUT2D eigenvalue weighted by Crippen LogP contribution is 2.45. The second-order valence-corrected chi connectivity index (χ2v) is 20.0. The Balaban J connectivity index is 2.29. The number of hydrogen-bond acceptors (Lipinski definition) is 7. The van der Waals surface area contributed by atoms with Crippen LogP contribution in [0.2, 0.25) is 38.3 Å². The summed E-state index contributed by atoms with van der Waals surface area (Å²) in [6, 6.07) is 0. The van der Waals surface area contributed by atoms with Gasteiger partial charge in [-0.1, -0.05) is 6.92 Å². The van der Waals surface area contributed by atoms with Crippen LogP contribution in [-0.2, 0) is 25.4 Å². The summed E-state index contributed by atoms with van der Waals surface area (Å²) in [4.78, 5) is 13.9. The zero-order valence-electron chi connectivity index (χ0n) is 13.4. The van der Waals surface area contributed by atoms with Crippen LogP contribution in [0.15, 0.2) is 4.99 Å². The first-order chi connectivity index (χ1) is 9.52. The molecule has 0 aliphatic carbocycles. The minimum absolute atomic E-state index is 0.0489. The van der Waals surface area contributed by atoms with E-state index >= 15 is 0 Å². The second-order valence-electron chi connectivity index (χ2n) is 6.44. The fraction of sp³-hybridized carbons (Fsp3) is 0.900. The topological polar surface area (TPSA) is 75.6 Å². The summed E-state index contributed by atoms with van der Waals surface area (Å²) in [5.74, 6) is 0. The highest BCUT2D eigenvalue weighted by molar-refractivity contribution is 6.98. The van der Waals surface area contributed by atoms with Gasteiger partial charge in [0.25, 0.3) is 0 Å². The van der Waals surface area contributed by atoms with Crippen molar-refractivity contribution >= 4 is 40.8 Å². The molecule has 0 aromatic heterocycles. The Morgan fingerprint density at radius 3 is 1.95 bits per heavy atom. The molecule has 2 aliphatic rings. The van der Waals surface area contributed by atoms with Crippen LogP contribution in [-0.4, -0.2) is 47.4 Å². The molecule has 2 bridgehead atoms. The van der Waals surface area contributed by atoms with Crippen LogP contribution in [0.25, 0.3) is 0 Å². The Labute approximate surface area is 129 Å². The smallest absolute Gasteiger partial charge is 0.395 e. The molecule has 2 aliphatic heterocycles. The molecule has 0 radical (unpaired) electrons. The van der Waals surface area contributed by atoms with Crippen LogP contribution in [0.1, 0.15) is 13.3 Å². The molecule has 0 amide bonds. The Morgan fingerprint density at radius 2 is 1.48 bits per heavy atom. The molecule has 0 N–H and O–H groups in total. The van der Waals surface area contributed by atoms with Crippen molar-refractivity contribution in [2.45, 2.75) is 51.6 Å². The van der Waals surface area contributed by atoms with E-state index in [0.29, 0.717) is 13.0 Å². The van der Waals surface area contributed by atoms with Gasteiger partial charge in [-0.15, -0.1) is 0 Å². The third-order valence-corrected chi connectivity index (χ3v) is 20.5. The van der Waals surface area contributed by atoms with Gasteiger partial charge in [-0.3, -0.25) is 0 Å². The summed E-state index contributed by atoms with van der Waals surface area (Å²) in [5, 5.41) is 0. The lowest BCUT2D eigenvalue weighted by molar-refractivity contribution is 0.0668. The molecule has 0 aromatic rings. The molecule has 2 heterocycles. The zero-order chi connectivity index (χ0) is 15.9. The normalized spacial score (nSPS) is 38.4. The maximum Gasteiger partial charge on any atom is 0.478 e. The van der Waals surface area contributed by atoms with Gasteiger partial charge in [0.05, 0.1) is 6.54 Å². The Bertz CT molecular complexity index is 441. The summed E-state index contributed by atoms with van der Waals surface area (Å²) in [7, 11) is -10.3. The van der Waals surface area contributed by atoms with Crippen molar-refractivity contribution in [1.29, 1.82) is 0 Å². The number of nitrogens with zero attached hydrogens (tertiary/aromatic N) is 1. The second kappa shape index (κ2) is 5.60. The van der Waals surface area contributed by atoms with Crippen molar-refractivity contribution in [1.82, 2.24) is 0 Å². The largest absolute Gasteiger partial charge is 0.478 e. The Hall–Kier alpha value is 0.0475. The minimum Gasteiger partial charge on any atom is -0.395 e. The average molecular weight is 366 g/mol. The van der Waals surface area contributed by atoms with Gasteiger partial charge in [-0.05, 0) is 32.6 Å². The van der Waals surface area contributed by atoms with E-state index in [9.17, 15) is 4.79 Å². The number of hydrogen-bond donors (Lipinski definition) is 0. The standard InChI is InChI=1S/C10H23NO6Si4/c1-10(7-8-11-9-12)21-15-18(2,3)13-20(6,17-21)14-19(4,5)16-21/h10H,7-8H2,1-6H3. The lowest BCUT2D eigenvalue weighted by Crippen LogP contribution is -2.78. The number of rotatable bonds is 4. The number of fused-ring (bicyclic) bond motifs is 2. The van der Waals surface area contributed by atoms with Crippen molar-refractivity contribution in [3.63, 3.8) is 0 Å². The predicted octanol–water partition coefficient (Wildman–Crippen LogP) is 2.12. The first-order valence-electron chi connectivity index (χ1n) is 7.06. The summed E-state index contributed by atoms with van der Waals surface area (Å²) in [6.07, 6.45) is 2.23. The highest BCUT2D eigenvalue weighted by atomic mass is 28.6. The zero-order valence-corrected chi connectivity index (χ0v) is 17.4. The van der Waals surface area contributed by atoms with Crippen LogP contribution < -0.4 is 0 Å². The monoisotopic (exact) mass is 365 g/mol. The van der Waals surface area contributed by atoms with Gasteiger partial charge < -0.3 is 20.6 Å². The molecule has 120 valence electrons. The third-order valence-electron chi connectivity index (χ3n) is 3.31. The molecule has 0 aromatic carbocycles. The molecule has 2 fully saturated rings. The van der Waals surface area contributed by atoms with Crippen molar-refractivity contribution in [3.8, 4) is 0 Å². The van der Waals surface area contributed by atoms with Gasteiger partial charge in [0.15, 0.2) is 0 Å². The van der Waals surface area contributed by atoms with Gasteiger partial charge in [-0.25, -0.2) is 9.79 Å². The molecule has 21 heavy (non-hydrogen) atoms. The van der Waals surface area contributed by atoms with Crippen molar-refractivity contribution in [3.05, 3.63) is 0 Å². The Kier molecular flexibility index (Phi) is 4.64. The van der Waals surface area contributed by atoms with Gasteiger partial charge in [0.1, 0.15) is 0 Å². The lowest BCUT2D eigenvalue weighted by atomic mass is 10.3. The molecule has 7 nitrogen and oxygen atoms in total. The lowest BCUT2D eigenvalue weighted by Gasteiger charge is -2.57. The van der Waals surface area contributed by atoms with Crippen LogP contribution in [0, 0.1) is 0 Å². The van der Waals surface area contributed by atoms with Crippen LogP contribution >= 0.6 is 0 Å². The van der Waals surface area contributed by atoms with Crippen molar-refractivity contribution < 1.29 is 25.4 Å². The molecule has 1 atom stereocenters. The summed E-state index contributed by atoms with van der Waals surface area (Å²) >= 11 is 0. The van der Waals surface area contributed by atoms with Crippen molar-refractivity contribution in [2.24, 2.45) is 4.99 Å². The highest BCUT2D eigenvalue weighted by Gasteiger charge is 2.69. The SMILES string of the molecule is CC(CCN=C=O)[Si]12O[Si](C)(C)O[Si](C)(O[Si](C)(C)O1)O2. The number of aliphatic imine (C=N–C) groups is 1. The van der Waals surface area contributed by atoms with Crippen LogP contribution in [0.4, 0.5) is 0 Å². The quantitative estimate of drug-likeness (QED) is 0.431. The molecular weight excluding hydrogens is 342 g/mol. The van der Waals surface area contributed by atoms with E-state index in [2.05, 4.69) is 4.99 Å². The molecule has 2 rings (SSSR count). The molecule has 0 saturated carbocycles. The van der Waals surface area contributed by atoms with Gasteiger partial charge in [0.2, 0.25) is 6.08 Å². The molecule has 11 heteroatoms. The van der Waals surface area contributed by atoms with E-state index in [1.165, 1.54) is 0 Å². The van der Waals surface area contributed by atoms with Gasteiger partial charge in [0, 0.05) is 12.1 Å². The van der Waals surface area contributed by atoms with Gasteiger partial charge >= 0.3 is 34.7 Å². The third kappa shape index (κ3) is 3.88. The van der Waals surface area contributed by atoms with E-state index in [0.717, 1.165) is 0 Å². The first kappa shape index (κ1) is 17.4. The summed E-state index contributed by atoms with van der Waals surface area (Å²) in [5.41, 5.74) is 0.0489. The molecule has 1 unspecified atom stereocenters. The predicted molar refractivity (Wildman–Crippen MR) is 84.8 cm³/mol. The van der Waals surface area contributed by atoms with Gasteiger partial charge in [-0.2, -0.15) is 0 Å². The molecule has 0 spiro atoms. The fourth-order valence-corrected chi connectivity index (χ4v) is 24.7. The molecular formula is C10H23NO6Si4. The van der Waals surface area contributed by atoms with Crippen LogP contribution in [0.3, 0.4) is 0 Å². The van der Waals surface area contributed by atoms with E-state index in [4.69, 9.17) is 20.6 Å². The maximum absolute atomic E-state index is 10.2. The summed E-state index contributed by atoms with van der Waals surface area (Å²) in [6.45, 7) is 12.3. The van der Waals surface area contributed by atoms with E-state index in [1.54, 1.807) is 6.08 Å². The Morgan fingerprint density at radius 1 is 0.952 bits per heavy atom. The van der Waals surface area contributed by atoms with E-state index < -0.39 is 34.7 Å². The minimum atomic E-state index is -2.88. The number of carbonyl (C=O) groups excluding carboxylic acids is 1. The fourth-order valence-electron chi connectivity index (χ4n) is 2.79. The van der Waals surface area contributed by atoms with Crippen LogP contribution in [0.5, 0.6) is 0 Å². The first-order valence-corrected chi connectivity index (χ1v) is 16.7. The average Bonchev–Trinajstić information content (AvgIpc) is 2.22.